The number of halogens is 2. The molecule has 0 unspecified atom stereocenters. The molecule has 2 rings (SSSR count). The summed E-state index contributed by atoms with van der Waals surface area (Å²) in [5.74, 6) is -0.149. The molecule has 110 valence electrons. The molecule has 0 saturated heterocycles. The number of nitrogens with zero attached hydrogens (tertiary/aromatic N) is 1. The second kappa shape index (κ2) is 6.58. The van der Waals surface area contributed by atoms with Crippen LogP contribution < -0.4 is 5.32 Å². The van der Waals surface area contributed by atoms with Gasteiger partial charge in [0.2, 0.25) is 0 Å². The smallest absolute Gasteiger partial charge is 0.251 e. The van der Waals surface area contributed by atoms with Gasteiger partial charge in [-0.1, -0.05) is 53.5 Å². The van der Waals surface area contributed by atoms with Gasteiger partial charge in [0.25, 0.3) is 5.91 Å². The Morgan fingerprint density at radius 3 is 2.57 bits per heavy atom. The third kappa shape index (κ3) is 4.29. The van der Waals surface area contributed by atoms with Gasteiger partial charge in [-0.2, -0.15) is 0 Å². The summed E-state index contributed by atoms with van der Waals surface area (Å²) >= 11 is 9.22. The van der Waals surface area contributed by atoms with Crippen molar-refractivity contribution < 1.29 is 4.79 Å². The van der Waals surface area contributed by atoms with Crippen molar-refractivity contribution in [1.29, 1.82) is 0 Å². The van der Waals surface area contributed by atoms with Crippen LogP contribution in [-0.2, 0) is 5.41 Å². The first kappa shape index (κ1) is 16.0. The van der Waals surface area contributed by atoms with Crippen molar-refractivity contribution in [3.05, 3.63) is 63.3 Å². The molecule has 0 atom stereocenters. The molecule has 1 N–H and O–H groups in total. The highest BCUT2D eigenvalue weighted by Crippen LogP contribution is 2.24. The van der Waals surface area contributed by atoms with Crippen molar-refractivity contribution in [2.75, 3.05) is 6.54 Å². The molecule has 0 radical (unpaired) electrons. The lowest BCUT2D eigenvalue weighted by Gasteiger charge is -2.25. The number of amides is 1. The minimum Gasteiger partial charge on any atom is -0.351 e. The maximum absolute atomic E-state index is 12.1. The van der Waals surface area contributed by atoms with Crippen LogP contribution in [0.15, 0.2) is 47.1 Å². The van der Waals surface area contributed by atoms with Crippen LogP contribution in [0.2, 0.25) is 5.15 Å². The van der Waals surface area contributed by atoms with Gasteiger partial charge in [0, 0.05) is 28.2 Å². The van der Waals surface area contributed by atoms with E-state index in [9.17, 15) is 4.79 Å². The van der Waals surface area contributed by atoms with Crippen LogP contribution in [0, 0.1) is 0 Å². The van der Waals surface area contributed by atoms with E-state index in [1.807, 2.05) is 12.1 Å². The molecular formula is C16H16BrClN2O. The monoisotopic (exact) mass is 366 g/mol. The first-order chi connectivity index (χ1) is 9.88. The summed E-state index contributed by atoms with van der Waals surface area (Å²) in [6.45, 7) is 4.72. The zero-order valence-corrected chi connectivity index (χ0v) is 14.2. The third-order valence-electron chi connectivity index (χ3n) is 3.31. The highest BCUT2D eigenvalue weighted by atomic mass is 79.9. The zero-order valence-electron chi connectivity index (χ0n) is 11.9. The van der Waals surface area contributed by atoms with Gasteiger partial charge >= 0.3 is 0 Å². The van der Waals surface area contributed by atoms with Crippen molar-refractivity contribution in [3.8, 4) is 0 Å². The number of rotatable bonds is 4. The van der Waals surface area contributed by atoms with E-state index in [1.54, 1.807) is 12.1 Å². The maximum Gasteiger partial charge on any atom is 0.251 e. The van der Waals surface area contributed by atoms with Crippen LogP contribution >= 0.6 is 27.5 Å². The Balaban J connectivity index is 2.04. The zero-order chi connectivity index (χ0) is 15.5. The Morgan fingerprint density at radius 2 is 1.95 bits per heavy atom. The van der Waals surface area contributed by atoms with Gasteiger partial charge in [0.15, 0.2) is 0 Å². The molecule has 0 fully saturated rings. The van der Waals surface area contributed by atoms with Crippen molar-refractivity contribution >= 4 is 33.4 Å². The van der Waals surface area contributed by atoms with E-state index in [1.165, 1.54) is 11.8 Å². The Bertz CT molecular complexity index is 641. The second-order valence-electron chi connectivity index (χ2n) is 5.44. The van der Waals surface area contributed by atoms with E-state index >= 15 is 0 Å². The molecule has 21 heavy (non-hydrogen) atoms. The van der Waals surface area contributed by atoms with E-state index in [2.05, 4.69) is 52.2 Å². The minimum atomic E-state index is -0.160. The first-order valence-corrected chi connectivity index (χ1v) is 7.71. The molecule has 1 aromatic heterocycles. The highest BCUT2D eigenvalue weighted by Gasteiger charge is 2.21. The fraction of sp³-hybridized carbons (Fsp3) is 0.250. The van der Waals surface area contributed by atoms with Crippen LogP contribution in [0.4, 0.5) is 0 Å². The Hall–Kier alpha value is -1.39. The molecule has 0 bridgehead atoms. The Kier molecular flexibility index (Phi) is 5.01. The Morgan fingerprint density at radius 1 is 1.29 bits per heavy atom. The summed E-state index contributed by atoms with van der Waals surface area (Å²) in [7, 11) is 0. The molecule has 3 nitrogen and oxygen atoms in total. The summed E-state index contributed by atoms with van der Waals surface area (Å²) < 4.78 is 1.04. The lowest BCUT2D eigenvalue weighted by Crippen LogP contribution is -2.36. The first-order valence-electron chi connectivity index (χ1n) is 6.54. The van der Waals surface area contributed by atoms with Gasteiger partial charge in [-0.3, -0.25) is 4.79 Å². The number of carbonyl (C=O) groups excluding carboxylic acids is 1. The van der Waals surface area contributed by atoms with E-state index in [0.29, 0.717) is 17.3 Å². The van der Waals surface area contributed by atoms with Crippen molar-refractivity contribution in [1.82, 2.24) is 10.3 Å². The number of hydrogen-bond acceptors (Lipinski definition) is 2. The van der Waals surface area contributed by atoms with Crippen molar-refractivity contribution in [2.24, 2.45) is 0 Å². The number of pyridine rings is 1. The normalized spacial score (nSPS) is 11.2. The molecule has 2 aromatic rings. The van der Waals surface area contributed by atoms with Gasteiger partial charge < -0.3 is 5.32 Å². The van der Waals surface area contributed by atoms with E-state index in [-0.39, 0.29) is 11.3 Å². The predicted octanol–water partition coefficient (Wildman–Crippen LogP) is 4.21. The summed E-state index contributed by atoms with van der Waals surface area (Å²) in [6.07, 6.45) is 1.52. The molecule has 1 heterocycles. The minimum absolute atomic E-state index is 0.149. The molecule has 1 aromatic carbocycles. The number of carbonyl (C=O) groups is 1. The number of aromatic nitrogens is 1. The molecular weight excluding hydrogens is 352 g/mol. The standard InChI is InChI=1S/C16H16BrClN2O/c1-16(2,12-3-5-13(17)6-4-12)10-20-15(21)11-7-8-19-14(18)9-11/h3-9H,10H2,1-2H3,(H,20,21). The average molecular weight is 368 g/mol. The fourth-order valence-corrected chi connectivity index (χ4v) is 2.39. The topological polar surface area (TPSA) is 42.0 Å². The van der Waals surface area contributed by atoms with Crippen molar-refractivity contribution in [2.45, 2.75) is 19.3 Å². The number of nitrogens with one attached hydrogen (secondary N) is 1. The molecule has 0 saturated carbocycles. The fourth-order valence-electron chi connectivity index (χ4n) is 1.95. The maximum atomic E-state index is 12.1. The summed E-state index contributed by atoms with van der Waals surface area (Å²) in [6, 6.07) is 11.3. The lowest BCUT2D eigenvalue weighted by atomic mass is 9.84. The van der Waals surface area contributed by atoms with Crippen LogP contribution in [0.1, 0.15) is 29.8 Å². The lowest BCUT2D eigenvalue weighted by molar-refractivity contribution is 0.0945. The molecule has 1 amide bonds. The molecule has 0 aliphatic rings. The molecule has 0 aliphatic carbocycles. The average Bonchev–Trinajstić information content (AvgIpc) is 2.45. The van der Waals surface area contributed by atoms with Gasteiger partial charge in [-0.05, 0) is 29.8 Å². The van der Waals surface area contributed by atoms with Crippen LogP contribution in [0.3, 0.4) is 0 Å². The van der Waals surface area contributed by atoms with Crippen molar-refractivity contribution in [3.63, 3.8) is 0 Å². The SMILES string of the molecule is CC(C)(CNC(=O)c1ccnc(Cl)c1)c1ccc(Br)cc1. The van der Waals surface area contributed by atoms with Gasteiger partial charge in [0.1, 0.15) is 5.15 Å². The van der Waals surface area contributed by atoms with E-state index in [4.69, 9.17) is 11.6 Å². The highest BCUT2D eigenvalue weighted by molar-refractivity contribution is 9.10. The summed E-state index contributed by atoms with van der Waals surface area (Å²) in [4.78, 5) is 16.0. The second-order valence-corrected chi connectivity index (χ2v) is 6.74. The van der Waals surface area contributed by atoms with Crippen LogP contribution in [0.5, 0.6) is 0 Å². The third-order valence-corrected chi connectivity index (χ3v) is 4.04. The molecule has 0 spiro atoms. The van der Waals surface area contributed by atoms with E-state index < -0.39 is 0 Å². The predicted molar refractivity (Wildman–Crippen MR) is 88.7 cm³/mol. The number of hydrogen-bond donors (Lipinski definition) is 1. The van der Waals surface area contributed by atoms with E-state index in [0.717, 1.165) is 4.47 Å². The van der Waals surface area contributed by atoms with Gasteiger partial charge in [-0.15, -0.1) is 0 Å². The molecule has 5 heteroatoms. The van der Waals surface area contributed by atoms with Crippen LogP contribution in [0.25, 0.3) is 0 Å². The largest absolute Gasteiger partial charge is 0.351 e. The summed E-state index contributed by atoms with van der Waals surface area (Å²) in [5.41, 5.74) is 1.52. The number of benzene rings is 1. The van der Waals surface area contributed by atoms with Crippen LogP contribution in [-0.4, -0.2) is 17.4 Å². The molecule has 0 aliphatic heterocycles. The van der Waals surface area contributed by atoms with Gasteiger partial charge in [-0.25, -0.2) is 4.98 Å². The quantitative estimate of drug-likeness (QED) is 0.823. The van der Waals surface area contributed by atoms with Gasteiger partial charge in [0.05, 0.1) is 0 Å². The Labute approximate surface area is 137 Å². The summed E-state index contributed by atoms with van der Waals surface area (Å²) in [5, 5.41) is 3.26.